The Balaban J connectivity index is 0.000000184. The Kier molecular flexibility index (Phi) is 12.4. The molecule has 1 fully saturated rings. The molecule has 4 aromatic carbocycles. The number of likely N-dealkylation sites (tertiary alicyclic amines) is 1. The van der Waals surface area contributed by atoms with Gasteiger partial charge in [-0.3, -0.25) is 4.79 Å². The summed E-state index contributed by atoms with van der Waals surface area (Å²) >= 11 is 0. The summed E-state index contributed by atoms with van der Waals surface area (Å²) in [7, 11) is 3.99. The fraction of sp³-hybridized carbons (Fsp3) is 0.310. The van der Waals surface area contributed by atoms with E-state index < -0.39 is 18.7 Å². The monoisotopic (exact) mass is 749 g/mol. The Hall–Kier alpha value is -5.07. The van der Waals surface area contributed by atoms with Crippen LogP contribution in [0.5, 0.6) is 11.5 Å². The summed E-state index contributed by atoms with van der Waals surface area (Å²) < 4.78 is 91.2. The quantitative estimate of drug-likeness (QED) is 0.130. The molecule has 0 aromatic heterocycles. The summed E-state index contributed by atoms with van der Waals surface area (Å²) in [5.41, 5.74) is 4.99. The molecule has 3 heterocycles. The molecule has 1 N–H and O–H groups in total. The van der Waals surface area contributed by atoms with E-state index in [2.05, 4.69) is 10.2 Å². The number of ether oxygens (including phenoxy) is 2. The Labute approximate surface area is 310 Å². The van der Waals surface area contributed by atoms with E-state index in [4.69, 9.17) is 9.47 Å². The first-order valence-corrected chi connectivity index (χ1v) is 17.7. The van der Waals surface area contributed by atoms with Crippen molar-refractivity contribution in [2.45, 2.75) is 25.7 Å². The number of benzene rings is 4. The lowest BCUT2D eigenvalue weighted by atomic mass is 9.89. The van der Waals surface area contributed by atoms with Gasteiger partial charge < -0.3 is 24.6 Å². The maximum atomic E-state index is 13.4. The molecule has 4 aromatic rings. The van der Waals surface area contributed by atoms with Crippen molar-refractivity contribution in [1.29, 1.82) is 0 Å². The first-order chi connectivity index (χ1) is 26.0. The minimum absolute atomic E-state index is 0.0567. The number of carbonyl (C=O) groups excluding carboxylic acids is 1. The number of alkyl halides is 4. The number of fused-ring (bicyclic) bond motifs is 2. The Morgan fingerprint density at radius 3 is 1.74 bits per heavy atom. The first kappa shape index (κ1) is 38.6. The van der Waals surface area contributed by atoms with Crippen LogP contribution < -0.4 is 14.8 Å². The van der Waals surface area contributed by atoms with E-state index in [9.17, 15) is 31.1 Å². The molecular weight excluding hydrogens is 708 g/mol. The Bertz CT molecular complexity index is 2010. The predicted molar refractivity (Wildman–Crippen MR) is 196 cm³/mol. The highest BCUT2D eigenvalue weighted by Gasteiger charge is 2.31. The molecule has 0 radical (unpaired) electrons. The summed E-state index contributed by atoms with van der Waals surface area (Å²) in [6.07, 6.45) is -3.31. The van der Waals surface area contributed by atoms with Gasteiger partial charge in [-0.25, -0.2) is 26.3 Å². The second kappa shape index (κ2) is 17.4. The molecule has 0 spiro atoms. The topological polar surface area (TPSA) is 54.0 Å². The molecule has 0 aliphatic carbocycles. The standard InChI is InChI=1S/C21H23F3N2O.C21H18F3NO2/c1-26(2)10-9-25-12-16-13-27-19-8-5-15(21(23)24)11-18(19)20(16)14-3-6-17(22)7-4-14;22-15-6-3-13(4-7-15)19-16-11-14(20(23)24)5-8-18(16)27-12-17(19)21(26)25-9-1-2-10-25/h3-8,11,21,25H,9-10,12-13H2,1-2H3;3-8,11,20H,1-2,9-10,12H2. The van der Waals surface area contributed by atoms with Gasteiger partial charge in [-0.15, -0.1) is 0 Å². The number of amides is 1. The van der Waals surface area contributed by atoms with Gasteiger partial charge in [0.15, 0.2) is 0 Å². The van der Waals surface area contributed by atoms with Crippen molar-refractivity contribution in [3.8, 4) is 11.5 Å². The normalized spacial score (nSPS) is 15.2. The van der Waals surface area contributed by atoms with Crippen LogP contribution in [0.25, 0.3) is 11.1 Å². The average molecular weight is 750 g/mol. The average Bonchev–Trinajstić information content (AvgIpc) is 3.71. The van der Waals surface area contributed by atoms with E-state index >= 15 is 0 Å². The molecule has 6 nitrogen and oxygen atoms in total. The SMILES string of the molecule is CN(C)CCNCC1=C(c2ccc(F)cc2)c2cc(C(F)F)ccc2OC1.O=C(C1=C(c2ccc(F)cc2)c2cc(C(F)F)ccc2OC1)N1CCCC1. The van der Waals surface area contributed by atoms with Gasteiger partial charge in [0, 0.05) is 60.6 Å². The van der Waals surface area contributed by atoms with Gasteiger partial charge >= 0.3 is 0 Å². The van der Waals surface area contributed by atoms with Crippen molar-refractivity contribution in [2.75, 3.05) is 60.0 Å². The summed E-state index contributed by atoms with van der Waals surface area (Å²) in [4.78, 5) is 16.9. The van der Waals surface area contributed by atoms with Crippen LogP contribution in [0, 0.1) is 11.6 Å². The zero-order valence-corrected chi connectivity index (χ0v) is 30.0. The Morgan fingerprint density at radius 2 is 1.22 bits per heavy atom. The van der Waals surface area contributed by atoms with E-state index in [1.807, 2.05) is 14.1 Å². The van der Waals surface area contributed by atoms with Crippen LogP contribution in [0.2, 0.25) is 0 Å². The third kappa shape index (κ3) is 8.99. The van der Waals surface area contributed by atoms with Crippen LogP contribution in [0.4, 0.5) is 26.3 Å². The minimum atomic E-state index is -2.63. The van der Waals surface area contributed by atoms with Crippen molar-refractivity contribution in [3.05, 3.63) is 141 Å². The maximum absolute atomic E-state index is 13.4. The van der Waals surface area contributed by atoms with Gasteiger partial charge in [-0.1, -0.05) is 24.3 Å². The fourth-order valence-corrected chi connectivity index (χ4v) is 6.70. The highest BCUT2D eigenvalue weighted by molar-refractivity contribution is 6.06. The summed E-state index contributed by atoms with van der Waals surface area (Å²) in [5.74, 6) is 0.117. The van der Waals surface area contributed by atoms with E-state index in [1.165, 1.54) is 54.6 Å². The zero-order chi connectivity index (χ0) is 38.4. The molecule has 3 aliphatic rings. The number of likely N-dealkylation sites (N-methyl/N-ethyl adjacent to an activating group) is 1. The van der Waals surface area contributed by atoms with Crippen LogP contribution in [-0.4, -0.2) is 75.7 Å². The van der Waals surface area contributed by atoms with Crippen molar-refractivity contribution in [2.24, 2.45) is 0 Å². The number of halogens is 6. The van der Waals surface area contributed by atoms with E-state index in [-0.39, 0.29) is 29.5 Å². The second-order valence-electron chi connectivity index (χ2n) is 13.5. The van der Waals surface area contributed by atoms with Crippen LogP contribution in [0.15, 0.2) is 96.1 Å². The van der Waals surface area contributed by atoms with Gasteiger partial charge in [-0.2, -0.15) is 0 Å². The molecule has 7 rings (SSSR count). The second-order valence-corrected chi connectivity index (χ2v) is 13.5. The van der Waals surface area contributed by atoms with Crippen molar-refractivity contribution < 1.29 is 40.6 Å². The minimum Gasteiger partial charge on any atom is -0.489 e. The highest BCUT2D eigenvalue weighted by atomic mass is 19.3. The largest absolute Gasteiger partial charge is 0.489 e. The zero-order valence-electron chi connectivity index (χ0n) is 30.0. The van der Waals surface area contributed by atoms with E-state index in [0.717, 1.165) is 42.6 Å². The third-order valence-corrected chi connectivity index (χ3v) is 9.47. The van der Waals surface area contributed by atoms with Crippen LogP contribution >= 0.6 is 0 Å². The highest BCUT2D eigenvalue weighted by Crippen LogP contribution is 2.41. The fourth-order valence-electron chi connectivity index (χ4n) is 6.70. The Morgan fingerprint density at radius 1 is 0.722 bits per heavy atom. The summed E-state index contributed by atoms with van der Waals surface area (Å²) in [5, 5.41) is 3.36. The molecule has 0 unspecified atom stereocenters. The lowest BCUT2D eigenvalue weighted by Crippen LogP contribution is -2.33. The van der Waals surface area contributed by atoms with Crippen LogP contribution in [0.3, 0.4) is 0 Å². The van der Waals surface area contributed by atoms with Gasteiger partial charge in [0.2, 0.25) is 0 Å². The molecule has 1 amide bonds. The van der Waals surface area contributed by atoms with Gasteiger partial charge in [0.25, 0.3) is 18.8 Å². The molecule has 0 saturated carbocycles. The van der Waals surface area contributed by atoms with Crippen molar-refractivity contribution in [1.82, 2.24) is 15.1 Å². The molecule has 0 bridgehead atoms. The number of hydrogen-bond donors (Lipinski definition) is 1. The van der Waals surface area contributed by atoms with Crippen LogP contribution in [0.1, 0.15) is 59.1 Å². The molecule has 3 aliphatic heterocycles. The van der Waals surface area contributed by atoms with Crippen molar-refractivity contribution >= 4 is 17.1 Å². The molecule has 54 heavy (non-hydrogen) atoms. The number of nitrogens with one attached hydrogen (secondary N) is 1. The molecular formula is C42H41F6N3O3. The van der Waals surface area contributed by atoms with E-state index in [0.29, 0.717) is 65.6 Å². The van der Waals surface area contributed by atoms with E-state index in [1.54, 1.807) is 35.2 Å². The lowest BCUT2D eigenvalue weighted by Gasteiger charge is -2.27. The predicted octanol–water partition coefficient (Wildman–Crippen LogP) is 8.69. The summed E-state index contributed by atoms with van der Waals surface area (Å²) in [6.45, 7) is 4.00. The molecule has 12 heteroatoms. The molecule has 0 atom stereocenters. The number of hydrogen-bond acceptors (Lipinski definition) is 5. The maximum Gasteiger partial charge on any atom is 0.263 e. The summed E-state index contributed by atoms with van der Waals surface area (Å²) in [6, 6.07) is 20.4. The molecule has 284 valence electrons. The number of carbonyl (C=O) groups is 1. The van der Waals surface area contributed by atoms with Gasteiger partial charge in [-0.05, 0) is 110 Å². The van der Waals surface area contributed by atoms with Crippen LogP contribution in [-0.2, 0) is 4.79 Å². The molecule has 1 saturated heterocycles. The van der Waals surface area contributed by atoms with Gasteiger partial charge in [0.05, 0.1) is 5.57 Å². The van der Waals surface area contributed by atoms with Gasteiger partial charge in [0.1, 0.15) is 36.3 Å². The number of nitrogens with zero attached hydrogens (tertiary/aromatic N) is 2. The van der Waals surface area contributed by atoms with Crippen molar-refractivity contribution in [3.63, 3.8) is 0 Å². The lowest BCUT2D eigenvalue weighted by molar-refractivity contribution is -0.126. The smallest absolute Gasteiger partial charge is 0.263 e. The third-order valence-electron chi connectivity index (χ3n) is 9.47. The first-order valence-electron chi connectivity index (χ1n) is 17.7. The number of rotatable bonds is 10.